The number of aliphatic hydroxyl groups is 1. The predicted octanol–water partition coefficient (Wildman–Crippen LogP) is 3.97. The van der Waals surface area contributed by atoms with Gasteiger partial charge in [0.05, 0.1) is 42.3 Å². The van der Waals surface area contributed by atoms with E-state index < -0.39 is 17.4 Å². The third-order valence-corrected chi connectivity index (χ3v) is 7.04. The number of aromatic nitrogens is 1. The molecule has 1 saturated carbocycles. The third kappa shape index (κ3) is 5.65. The highest BCUT2D eigenvalue weighted by Crippen LogP contribution is 2.45. The first-order valence-corrected chi connectivity index (χ1v) is 12.2. The molecule has 1 aromatic carbocycles. The highest BCUT2D eigenvalue weighted by atomic mass is 16.7. The van der Waals surface area contributed by atoms with Crippen molar-refractivity contribution in [2.45, 2.75) is 62.9 Å². The summed E-state index contributed by atoms with van der Waals surface area (Å²) in [5.74, 6) is -0.0557. The van der Waals surface area contributed by atoms with Gasteiger partial charge in [0.1, 0.15) is 6.23 Å². The Morgan fingerprint density at radius 1 is 1.11 bits per heavy atom. The summed E-state index contributed by atoms with van der Waals surface area (Å²) in [7, 11) is 0. The molecule has 2 aromatic rings. The number of hydrogen-bond acceptors (Lipinski definition) is 8. The topological polar surface area (TPSA) is 125 Å². The van der Waals surface area contributed by atoms with Gasteiger partial charge in [-0.3, -0.25) is 4.98 Å². The molecule has 1 aromatic heterocycles. The largest absolute Gasteiger partial charge is 0.370 e. The molecule has 1 unspecified atom stereocenters. The van der Waals surface area contributed by atoms with Gasteiger partial charge < -0.3 is 30.9 Å². The molecule has 0 bridgehead atoms. The van der Waals surface area contributed by atoms with Gasteiger partial charge >= 0.3 is 0 Å². The van der Waals surface area contributed by atoms with Crippen molar-refractivity contribution in [2.24, 2.45) is 5.73 Å². The van der Waals surface area contributed by atoms with Crippen LogP contribution in [0.5, 0.6) is 0 Å². The van der Waals surface area contributed by atoms with Crippen molar-refractivity contribution < 1.29 is 14.6 Å². The Balaban J connectivity index is 1.38. The van der Waals surface area contributed by atoms with Crippen LogP contribution in [-0.2, 0) is 14.9 Å². The zero-order chi connectivity index (χ0) is 24.9. The van der Waals surface area contributed by atoms with Gasteiger partial charge in [0.15, 0.2) is 5.79 Å². The summed E-state index contributed by atoms with van der Waals surface area (Å²) in [6.45, 7) is 5.71. The minimum Gasteiger partial charge on any atom is -0.370 e. The Labute approximate surface area is 207 Å². The van der Waals surface area contributed by atoms with Crippen molar-refractivity contribution >= 4 is 11.4 Å². The lowest BCUT2D eigenvalue weighted by molar-refractivity contribution is -0.182. The Kier molecular flexibility index (Phi) is 7.72. The minimum atomic E-state index is -0.980. The van der Waals surface area contributed by atoms with Crippen molar-refractivity contribution in [2.75, 3.05) is 30.4 Å². The molecule has 4 rings (SSSR count). The Morgan fingerprint density at radius 3 is 2.31 bits per heavy atom. The summed E-state index contributed by atoms with van der Waals surface area (Å²) in [5.41, 5.74) is 9.38. The van der Waals surface area contributed by atoms with E-state index in [0.717, 1.165) is 11.4 Å². The van der Waals surface area contributed by atoms with Crippen LogP contribution < -0.4 is 16.4 Å². The van der Waals surface area contributed by atoms with E-state index in [1.54, 1.807) is 12.4 Å². The molecule has 186 valence electrons. The number of aliphatic hydroxyl groups excluding tert-OH is 1. The first-order valence-electron chi connectivity index (χ1n) is 12.2. The smallest absolute Gasteiger partial charge is 0.168 e. The molecule has 35 heavy (non-hydrogen) atoms. The lowest BCUT2D eigenvalue weighted by atomic mass is 9.70. The number of benzene rings is 1. The molecule has 2 aliphatic rings. The molecule has 8 nitrogen and oxygen atoms in total. The lowest BCUT2D eigenvalue weighted by Gasteiger charge is -2.39. The van der Waals surface area contributed by atoms with Crippen molar-refractivity contribution in [1.82, 2.24) is 4.98 Å². The number of nitriles is 1. The number of hydrogen-bond donors (Lipinski definition) is 4. The number of pyridine rings is 1. The van der Waals surface area contributed by atoms with Gasteiger partial charge in [0, 0.05) is 36.8 Å². The summed E-state index contributed by atoms with van der Waals surface area (Å²) in [5, 5.41) is 26.9. The summed E-state index contributed by atoms with van der Waals surface area (Å²) in [6, 6.07) is 14.4. The fraction of sp³-hybridized carbons (Fsp3) is 0.481. The minimum absolute atomic E-state index is 0.181. The van der Waals surface area contributed by atoms with E-state index >= 15 is 0 Å². The molecular weight excluding hydrogens is 442 g/mol. The molecule has 1 atom stereocenters. The van der Waals surface area contributed by atoms with E-state index in [9.17, 15) is 10.4 Å². The van der Waals surface area contributed by atoms with Crippen LogP contribution in [0.4, 0.5) is 11.4 Å². The normalized spacial score (nSPS) is 19.9. The van der Waals surface area contributed by atoms with Gasteiger partial charge in [0.25, 0.3) is 0 Å². The molecule has 2 fully saturated rings. The predicted molar refractivity (Wildman–Crippen MR) is 136 cm³/mol. The summed E-state index contributed by atoms with van der Waals surface area (Å²) in [4.78, 5) is 4.57. The van der Waals surface area contributed by atoms with Crippen LogP contribution in [-0.4, -0.2) is 41.9 Å². The molecule has 1 aliphatic heterocycles. The molecule has 1 spiro atoms. The number of nitrogens with zero attached hydrogens (tertiary/aromatic N) is 2. The monoisotopic (exact) mass is 477 g/mol. The standard InChI is InChI=1S/C27H35N5O3/c1-19(2)20-3-5-22(6-4-20)30-16-21(15-28)25(33)32-23-7-8-24(31-17-23)26(18-29)9-11-27(12-10-26)34-13-14-35-27/h3-8,16-17,19,25,30,32-33H,9-15,28H2,1-2H3/b21-16+. The Bertz CT molecular complexity index is 1040. The van der Waals surface area contributed by atoms with Crippen LogP contribution >= 0.6 is 0 Å². The first kappa shape index (κ1) is 25.1. The van der Waals surface area contributed by atoms with Gasteiger partial charge in [-0.05, 0) is 48.6 Å². The average molecular weight is 478 g/mol. The van der Waals surface area contributed by atoms with Crippen LogP contribution in [0, 0.1) is 11.3 Å². The molecule has 5 N–H and O–H groups in total. The quantitative estimate of drug-likeness (QED) is 0.421. The molecule has 0 amide bonds. The molecule has 2 heterocycles. The van der Waals surface area contributed by atoms with Crippen LogP contribution in [0.15, 0.2) is 54.4 Å². The van der Waals surface area contributed by atoms with Crippen LogP contribution in [0.1, 0.15) is 56.7 Å². The van der Waals surface area contributed by atoms with E-state index in [4.69, 9.17) is 15.2 Å². The van der Waals surface area contributed by atoms with Crippen molar-refractivity contribution in [3.63, 3.8) is 0 Å². The van der Waals surface area contributed by atoms with E-state index in [1.165, 1.54) is 5.56 Å². The zero-order valence-corrected chi connectivity index (χ0v) is 20.5. The van der Waals surface area contributed by atoms with Gasteiger partial charge in [-0.25, -0.2) is 0 Å². The van der Waals surface area contributed by atoms with E-state index in [0.29, 0.717) is 56.1 Å². The maximum Gasteiger partial charge on any atom is 0.168 e. The molecule has 0 radical (unpaired) electrons. The summed E-state index contributed by atoms with van der Waals surface area (Å²) >= 11 is 0. The molecule has 1 aliphatic carbocycles. The van der Waals surface area contributed by atoms with E-state index in [2.05, 4.69) is 47.7 Å². The number of ether oxygens (including phenoxy) is 2. The second-order valence-corrected chi connectivity index (χ2v) is 9.62. The Morgan fingerprint density at radius 2 is 1.77 bits per heavy atom. The molecular formula is C27H35N5O3. The summed E-state index contributed by atoms with van der Waals surface area (Å²) in [6.07, 6.45) is 5.02. The lowest BCUT2D eigenvalue weighted by Crippen LogP contribution is -2.41. The van der Waals surface area contributed by atoms with Crippen molar-refractivity contribution in [3.05, 3.63) is 65.6 Å². The third-order valence-electron chi connectivity index (χ3n) is 7.04. The SMILES string of the molecule is CC(C)c1ccc(N/C=C(\CN)C(O)Nc2ccc(C3(C#N)CCC4(CC3)OCCO4)nc2)cc1. The van der Waals surface area contributed by atoms with Gasteiger partial charge in [-0.2, -0.15) is 5.26 Å². The maximum absolute atomic E-state index is 10.7. The van der Waals surface area contributed by atoms with Gasteiger partial charge in [-0.1, -0.05) is 26.0 Å². The molecule has 1 saturated heterocycles. The highest BCUT2D eigenvalue weighted by Gasteiger charge is 2.48. The highest BCUT2D eigenvalue weighted by molar-refractivity contribution is 5.49. The average Bonchev–Trinajstić information content (AvgIpc) is 3.34. The van der Waals surface area contributed by atoms with Crippen LogP contribution in [0.2, 0.25) is 0 Å². The number of anilines is 2. The Hall–Kier alpha value is -2.96. The fourth-order valence-electron chi connectivity index (χ4n) is 4.67. The molecule has 8 heteroatoms. The summed E-state index contributed by atoms with van der Waals surface area (Å²) < 4.78 is 11.6. The second kappa shape index (κ2) is 10.8. The fourth-order valence-corrected chi connectivity index (χ4v) is 4.67. The van der Waals surface area contributed by atoms with Gasteiger partial charge in [0.2, 0.25) is 0 Å². The maximum atomic E-state index is 10.7. The van der Waals surface area contributed by atoms with Gasteiger partial charge in [-0.15, -0.1) is 0 Å². The van der Waals surface area contributed by atoms with E-state index in [-0.39, 0.29) is 6.54 Å². The number of rotatable bonds is 8. The van der Waals surface area contributed by atoms with E-state index in [1.807, 2.05) is 24.3 Å². The zero-order valence-electron chi connectivity index (χ0n) is 20.5. The van der Waals surface area contributed by atoms with Crippen LogP contribution in [0.25, 0.3) is 0 Å². The number of nitrogens with two attached hydrogens (primary N) is 1. The first-order chi connectivity index (χ1) is 16.9. The van der Waals surface area contributed by atoms with Crippen molar-refractivity contribution in [3.8, 4) is 6.07 Å². The van der Waals surface area contributed by atoms with Crippen molar-refractivity contribution in [1.29, 1.82) is 5.26 Å². The number of nitrogens with one attached hydrogen (secondary N) is 2. The second-order valence-electron chi connectivity index (χ2n) is 9.62. The van der Waals surface area contributed by atoms with Crippen LogP contribution in [0.3, 0.4) is 0 Å².